The zero-order valence-corrected chi connectivity index (χ0v) is 17.8. The lowest BCUT2D eigenvalue weighted by Crippen LogP contribution is -2.44. The SMILES string of the molecule is Cc1ccc([C@@H](N)CCN2C3CCC2CC(n2c(C)nnc2C(C)C)C3)cc1. The van der Waals surface area contributed by atoms with Gasteiger partial charge in [-0.3, -0.25) is 4.90 Å². The lowest BCUT2D eigenvalue weighted by Gasteiger charge is -2.40. The largest absolute Gasteiger partial charge is 0.324 e. The van der Waals surface area contributed by atoms with Crippen molar-refractivity contribution in [3.05, 3.63) is 47.0 Å². The normalized spacial score (nSPS) is 26.1. The smallest absolute Gasteiger partial charge is 0.135 e. The van der Waals surface area contributed by atoms with Gasteiger partial charge in [-0.25, -0.2) is 0 Å². The summed E-state index contributed by atoms with van der Waals surface area (Å²) in [7, 11) is 0. The number of nitrogens with zero attached hydrogens (tertiary/aromatic N) is 4. The number of fused-ring (bicyclic) bond motifs is 2. The molecule has 0 saturated carbocycles. The van der Waals surface area contributed by atoms with Crippen molar-refractivity contribution < 1.29 is 0 Å². The first-order valence-corrected chi connectivity index (χ1v) is 10.9. The number of benzene rings is 1. The molecule has 2 N–H and O–H groups in total. The number of nitrogens with two attached hydrogens (primary N) is 1. The molecule has 152 valence electrons. The molecule has 1 aromatic carbocycles. The molecule has 2 bridgehead atoms. The maximum Gasteiger partial charge on any atom is 0.135 e. The Balaban J connectivity index is 1.41. The van der Waals surface area contributed by atoms with Gasteiger partial charge in [-0.2, -0.15) is 0 Å². The molecule has 0 spiro atoms. The van der Waals surface area contributed by atoms with Gasteiger partial charge in [0, 0.05) is 36.6 Å². The first-order valence-electron chi connectivity index (χ1n) is 10.9. The van der Waals surface area contributed by atoms with E-state index >= 15 is 0 Å². The van der Waals surface area contributed by atoms with Crippen LogP contribution in [0, 0.1) is 13.8 Å². The highest BCUT2D eigenvalue weighted by molar-refractivity contribution is 5.23. The molecule has 4 rings (SSSR count). The van der Waals surface area contributed by atoms with Gasteiger partial charge in [0.05, 0.1) is 0 Å². The summed E-state index contributed by atoms with van der Waals surface area (Å²) in [6, 6.07) is 10.7. The van der Waals surface area contributed by atoms with Crippen molar-refractivity contribution in [3.63, 3.8) is 0 Å². The van der Waals surface area contributed by atoms with Crippen molar-refractivity contribution in [3.8, 4) is 0 Å². The van der Waals surface area contributed by atoms with E-state index in [1.54, 1.807) is 0 Å². The fraction of sp³-hybridized carbons (Fsp3) is 0.652. The summed E-state index contributed by atoms with van der Waals surface area (Å²) >= 11 is 0. The van der Waals surface area contributed by atoms with Gasteiger partial charge < -0.3 is 10.3 Å². The third kappa shape index (κ3) is 3.74. The van der Waals surface area contributed by atoms with Crippen LogP contribution in [0.25, 0.3) is 0 Å². The lowest BCUT2D eigenvalue weighted by molar-refractivity contribution is 0.101. The topological polar surface area (TPSA) is 60.0 Å². The van der Waals surface area contributed by atoms with E-state index in [1.165, 1.54) is 36.8 Å². The maximum atomic E-state index is 6.50. The second kappa shape index (κ2) is 7.96. The highest BCUT2D eigenvalue weighted by Crippen LogP contribution is 2.42. The zero-order chi connectivity index (χ0) is 19.8. The molecule has 0 amide bonds. The highest BCUT2D eigenvalue weighted by atomic mass is 15.3. The average molecular weight is 382 g/mol. The van der Waals surface area contributed by atoms with E-state index in [2.05, 4.69) is 71.6 Å². The molecule has 1 aromatic heterocycles. The third-order valence-corrected chi connectivity index (χ3v) is 6.84. The van der Waals surface area contributed by atoms with Crippen LogP contribution in [0.5, 0.6) is 0 Å². The van der Waals surface area contributed by atoms with Gasteiger partial charge in [0.25, 0.3) is 0 Å². The Morgan fingerprint density at radius 2 is 1.64 bits per heavy atom. The second-order valence-electron chi connectivity index (χ2n) is 9.18. The predicted octanol–water partition coefficient (Wildman–Crippen LogP) is 4.28. The van der Waals surface area contributed by atoms with E-state index in [0.717, 1.165) is 24.6 Å². The molecule has 2 aliphatic rings. The molecule has 2 aliphatic heterocycles. The minimum absolute atomic E-state index is 0.130. The van der Waals surface area contributed by atoms with Gasteiger partial charge in [-0.15, -0.1) is 10.2 Å². The Hall–Kier alpha value is -1.72. The third-order valence-electron chi connectivity index (χ3n) is 6.84. The van der Waals surface area contributed by atoms with Crippen LogP contribution in [0.1, 0.15) is 86.7 Å². The summed E-state index contributed by atoms with van der Waals surface area (Å²) in [5, 5.41) is 8.85. The van der Waals surface area contributed by atoms with Gasteiger partial charge in [0.15, 0.2) is 0 Å². The van der Waals surface area contributed by atoms with Crippen LogP contribution in [-0.2, 0) is 0 Å². The number of aryl methyl sites for hydroxylation is 2. The van der Waals surface area contributed by atoms with Crippen LogP contribution in [0.4, 0.5) is 0 Å². The molecule has 0 aliphatic carbocycles. The van der Waals surface area contributed by atoms with E-state index in [-0.39, 0.29) is 6.04 Å². The van der Waals surface area contributed by atoms with Crippen molar-refractivity contribution >= 4 is 0 Å². The molecule has 2 unspecified atom stereocenters. The average Bonchev–Trinajstić information content (AvgIpc) is 3.16. The molecule has 3 atom stereocenters. The minimum Gasteiger partial charge on any atom is -0.324 e. The Bertz CT molecular complexity index is 780. The van der Waals surface area contributed by atoms with Crippen molar-refractivity contribution in [1.29, 1.82) is 0 Å². The molecule has 28 heavy (non-hydrogen) atoms. The summed E-state index contributed by atoms with van der Waals surface area (Å²) in [5.74, 6) is 2.64. The Labute approximate surface area is 169 Å². The van der Waals surface area contributed by atoms with E-state index in [0.29, 0.717) is 24.0 Å². The molecule has 5 heteroatoms. The van der Waals surface area contributed by atoms with Crippen LogP contribution >= 0.6 is 0 Å². The van der Waals surface area contributed by atoms with Crippen LogP contribution in [-0.4, -0.2) is 38.3 Å². The standard InChI is InChI=1S/C23H35N5/c1-15(2)23-26-25-17(4)28(23)21-13-19-9-10-20(14-21)27(19)12-11-22(24)18-7-5-16(3)6-8-18/h5-8,15,19-22H,9-14,24H2,1-4H3/t19?,20?,21?,22-/m0/s1. The number of hydrogen-bond donors (Lipinski definition) is 1. The summed E-state index contributed by atoms with van der Waals surface area (Å²) in [5.41, 5.74) is 9.06. The second-order valence-corrected chi connectivity index (χ2v) is 9.18. The van der Waals surface area contributed by atoms with Gasteiger partial charge in [-0.1, -0.05) is 43.7 Å². The molecule has 2 aromatic rings. The number of aromatic nitrogens is 3. The van der Waals surface area contributed by atoms with Crippen LogP contribution < -0.4 is 5.73 Å². The molecule has 2 fully saturated rings. The summed E-state index contributed by atoms with van der Waals surface area (Å²) in [6.45, 7) is 9.77. The maximum absolute atomic E-state index is 6.50. The van der Waals surface area contributed by atoms with Gasteiger partial charge in [0.2, 0.25) is 0 Å². The van der Waals surface area contributed by atoms with E-state index < -0.39 is 0 Å². The first kappa shape index (κ1) is 19.6. The van der Waals surface area contributed by atoms with Crippen LogP contribution in [0.15, 0.2) is 24.3 Å². The highest BCUT2D eigenvalue weighted by Gasteiger charge is 2.42. The number of piperidine rings is 1. The molecular formula is C23H35N5. The fourth-order valence-electron chi connectivity index (χ4n) is 5.32. The molecular weight excluding hydrogens is 346 g/mol. The van der Waals surface area contributed by atoms with Crippen LogP contribution in [0.2, 0.25) is 0 Å². The molecule has 3 heterocycles. The quantitative estimate of drug-likeness (QED) is 0.811. The minimum atomic E-state index is 0.130. The van der Waals surface area contributed by atoms with E-state index in [1.807, 2.05) is 0 Å². The Kier molecular flexibility index (Phi) is 5.57. The van der Waals surface area contributed by atoms with Crippen molar-refractivity contribution in [2.75, 3.05) is 6.54 Å². The van der Waals surface area contributed by atoms with Crippen molar-refractivity contribution in [2.45, 2.75) is 89.9 Å². The van der Waals surface area contributed by atoms with Gasteiger partial charge in [0.1, 0.15) is 11.6 Å². The van der Waals surface area contributed by atoms with Crippen molar-refractivity contribution in [1.82, 2.24) is 19.7 Å². The number of rotatable bonds is 6. The van der Waals surface area contributed by atoms with Gasteiger partial charge >= 0.3 is 0 Å². The van der Waals surface area contributed by atoms with E-state index in [4.69, 9.17) is 5.73 Å². The molecule has 0 radical (unpaired) electrons. The monoisotopic (exact) mass is 381 g/mol. The van der Waals surface area contributed by atoms with Gasteiger partial charge in [-0.05, 0) is 51.5 Å². The fourth-order valence-corrected chi connectivity index (χ4v) is 5.32. The summed E-state index contributed by atoms with van der Waals surface area (Å²) < 4.78 is 2.44. The zero-order valence-electron chi connectivity index (χ0n) is 17.8. The Morgan fingerprint density at radius 1 is 1.00 bits per heavy atom. The number of hydrogen-bond acceptors (Lipinski definition) is 4. The predicted molar refractivity (Wildman–Crippen MR) is 113 cm³/mol. The van der Waals surface area contributed by atoms with Crippen LogP contribution in [0.3, 0.4) is 0 Å². The molecule has 2 saturated heterocycles. The van der Waals surface area contributed by atoms with E-state index in [9.17, 15) is 0 Å². The van der Waals surface area contributed by atoms with Crippen molar-refractivity contribution in [2.24, 2.45) is 5.73 Å². The summed E-state index contributed by atoms with van der Waals surface area (Å²) in [6.07, 6.45) is 6.10. The molecule has 5 nitrogen and oxygen atoms in total. The first-order chi connectivity index (χ1) is 13.4. The Morgan fingerprint density at radius 3 is 2.25 bits per heavy atom. The lowest BCUT2D eigenvalue weighted by atomic mass is 9.95. The summed E-state index contributed by atoms with van der Waals surface area (Å²) in [4.78, 5) is 2.75.